The number of benzene rings is 2. The third-order valence-corrected chi connectivity index (χ3v) is 6.67. The Hall–Kier alpha value is -2.18. The van der Waals surface area contributed by atoms with Crippen molar-refractivity contribution in [2.75, 3.05) is 17.6 Å². The molecular formula is C20H24N2O3S. The van der Waals surface area contributed by atoms with Crippen molar-refractivity contribution < 1.29 is 13.2 Å². The van der Waals surface area contributed by atoms with Crippen molar-refractivity contribution in [3.8, 4) is 0 Å². The molecule has 5 nitrogen and oxygen atoms in total. The average Bonchev–Trinajstić information content (AvgIpc) is 2.63. The Morgan fingerprint density at radius 1 is 1.12 bits per heavy atom. The van der Waals surface area contributed by atoms with Gasteiger partial charge in [0.25, 0.3) is 5.91 Å². The van der Waals surface area contributed by atoms with E-state index in [2.05, 4.69) is 5.32 Å². The summed E-state index contributed by atoms with van der Waals surface area (Å²) in [7, 11) is -3.21. The maximum Gasteiger partial charge on any atom is 0.255 e. The van der Waals surface area contributed by atoms with Crippen molar-refractivity contribution >= 4 is 21.6 Å². The SMILES string of the molecule is CCS(=O)(=O)N1CCc2ccc(NC(=O)c3cc(C)ccc3C)cc2C1. The smallest absolute Gasteiger partial charge is 0.255 e. The van der Waals surface area contributed by atoms with Gasteiger partial charge in [0.1, 0.15) is 0 Å². The molecule has 0 aromatic heterocycles. The van der Waals surface area contributed by atoms with E-state index in [4.69, 9.17) is 0 Å². The van der Waals surface area contributed by atoms with Gasteiger partial charge in [-0.25, -0.2) is 8.42 Å². The van der Waals surface area contributed by atoms with E-state index in [9.17, 15) is 13.2 Å². The Morgan fingerprint density at radius 2 is 1.88 bits per heavy atom. The van der Waals surface area contributed by atoms with E-state index in [0.29, 0.717) is 30.8 Å². The van der Waals surface area contributed by atoms with E-state index in [1.807, 2.05) is 50.2 Å². The molecule has 0 spiro atoms. The maximum atomic E-state index is 12.6. The van der Waals surface area contributed by atoms with Gasteiger partial charge in [0.05, 0.1) is 5.75 Å². The first-order valence-electron chi connectivity index (χ1n) is 8.78. The molecule has 3 rings (SSSR count). The van der Waals surface area contributed by atoms with Crippen LogP contribution >= 0.6 is 0 Å². The highest BCUT2D eigenvalue weighted by atomic mass is 32.2. The van der Waals surface area contributed by atoms with Crippen LogP contribution in [0.3, 0.4) is 0 Å². The fourth-order valence-corrected chi connectivity index (χ4v) is 4.28. The average molecular weight is 372 g/mol. The van der Waals surface area contributed by atoms with Gasteiger partial charge in [-0.3, -0.25) is 4.79 Å². The molecule has 0 atom stereocenters. The van der Waals surface area contributed by atoms with Crippen LogP contribution in [0.15, 0.2) is 36.4 Å². The highest BCUT2D eigenvalue weighted by molar-refractivity contribution is 7.89. The molecule has 138 valence electrons. The summed E-state index contributed by atoms with van der Waals surface area (Å²) in [6.07, 6.45) is 0.694. The molecule has 0 saturated heterocycles. The van der Waals surface area contributed by atoms with Crippen molar-refractivity contribution in [2.45, 2.75) is 33.7 Å². The number of carbonyl (C=O) groups excluding carboxylic acids is 1. The van der Waals surface area contributed by atoms with E-state index in [0.717, 1.165) is 22.3 Å². The number of hydrogen-bond acceptors (Lipinski definition) is 3. The van der Waals surface area contributed by atoms with Crippen molar-refractivity contribution in [2.24, 2.45) is 0 Å². The van der Waals surface area contributed by atoms with Crippen molar-refractivity contribution in [1.82, 2.24) is 4.31 Å². The van der Waals surface area contributed by atoms with Gasteiger partial charge in [0, 0.05) is 24.3 Å². The number of rotatable bonds is 4. The Morgan fingerprint density at radius 3 is 2.62 bits per heavy atom. The van der Waals surface area contributed by atoms with Gasteiger partial charge in [-0.05, 0) is 62.1 Å². The van der Waals surface area contributed by atoms with Crippen LogP contribution in [-0.4, -0.2) is 30.9 Å². The largest absolute Gasteiger partial charge is 0.322 e. The summed E-state index contributed by atoms with van der Waals surface area (Å²) >= 11 is 0. The van der Waals surface area contributed by atoms with E-state index >= 15 is 0 Å². The van der Waals surface area contributed by atoms with Gasteiger partial charge in [-0.15, -0.1) is 0 Å². The predicted molar refractivity (Wildman–Crippen MR) is 104 cm³/mol. The number of fused-ring (bicyclic) bond motifs is 1. The highest BCUT2D eigenvalue weighted by Crippen LogP contribution is 2.25. The molecule has 2 aromatic rings. The minimum atomic E-state index is -3.21. The number of amides is 1. The molecule has 1 amide bonds. The standard InChI is InChI=1S/C20H24N2O3S/c1-4-26(24,25)22-10-9-16-7-8-18(12-17(16)13-22)21-20(23)19-11-14(2)5-6-15(19)3/h5-8,11-12H,4,9-10,13H2,1-3H3,(H,21,23). The first-order chi connectivity index (χ1) is 12.3. The number of nitrogens with one attached hydrogen (secondary N) is 1. The van der Waals surface area contributed by atoms with Gasteiger partial charge < -0.3 is 5.32 Å². The third-order valence-electron chi connectivity index (χ3n) is 4.84. The number of aryl methyl sites for hydroxylation is 2. The summed E-state index contributed by atoms with van der Waals surface area (Å²) in [6.45, 7) is 6.40. The lowest BCUT2D eigenvalue weighted by Crippen LogP contribution is -2.36. The summed E-state index contributed by atoms with van der Waals surface area (Å²) < 4.78 is 25.8. The second-order valence-electron chi connectivity index (χ2n) is 6.74. The minimum Gasteiger partial charge on any atom is -0.322 e. The van der Waals surface area contributed by atoms with Crippen LogP contribution in [0.25, 0.3) is 0 Å². The monoisotopic (exact) mass is 372 g/mol. The minimum absolute atomic E-state index is 0.103. The first kappa shape index (κ1) is 18.6. The quantitative estimate of drug-likeness (QED) is 0.896. The molecule has 0 radical (unpaired) electrons. The van der Waals surface area contributed by atoms with E-state index in [-0.39, 0.29) is 11.7 Å². The van der Waals surface area contributed by atoms with Crippen LogP contribution in [0, 0.1) is 13.8 Å². The Kier molecular flexibility index (Phi) is 5.16. The first-order valence-corrected chi connectivity index (χ1v) is 10.4. The lowest BCUT2D eigenvalue weighted by molar-refractivity contribution is 0.102. The molecule has 1 aliphatic heterocycles. The molecule has 0 unspecified atom stereocenters. The van der Waals surface area contributed by atoms with Gasteiger partial charge in [-0.1, -0.05) is 23.8 Å². The molecule has 2 aromatic carbocycles. The van der Waals surface area contributed by atoms with E-state index < -0.39 is 10.0 Å². The maximum absolute atomic E-state index is 12.6. The van der Waals surface area contributed by atoms with Crippen molar-refractivity contribution in [3.63, 3.8) is 0 Å². The molecule has 26 heavy (non-hydrogen) atoms. The second-order valence-corrected chi connectivity index (χ2v) is 9.00. The van der Waals surface area contributed by atoms with E-state index in [1.165, 1.54) is 4.31 Å². The van der Waals surface area contributed by atoms with Gasteiger partial charge >= 0.3 is 0 Å². The van der Waals surface area contributed by atoms with Crippen LogP contribution < -0.4 is 5.32 Å². The zero-order valence-electron chi connectivity index (χ0n) is 15.4. The van der Waals surface area contributed by atoms with Crippen LogP contribution in [0.1, 0.15) is 39.5 Å². The summed E-state index contributed by atoms with van der Waals surface area (Å²) in [6, 6.07) is 11.5. The molecule has 1 aliphatic rings. The molecule has 0 fully saturated rings. The van der Waals surface area contributed by atoms with Gasteiger partial charge in [0.15, 0.2) is 0 Å². The zero-order valence-corrected chi connectivity index (χ0v) is 16.2. The fraction of sp³-hybridized carbons (Fsp3) is 0.350. The summed E-state index contributed by atoms with van der Waals surface area (Å²) in [5.41, 5.74) is 5.38. The molecule has 0 saturated carbocycles. The third kappa shape index (κ3) is 3.81. The number of anilines is 1. The lowest BCUT2D eigenvalue weighted by Gasteiger charge is -2.28. The lowest BCUT2D eigenvalue weighted by atomic mass is 10.00. The van der Waals surface area contributed by atoms with Crippen LogP contribution in [0.5, 0.6) is 0 Å². The molecule has 1 heterocycles. The molecular weight excluding hydrogens is 348 g/mol. The predicted octanol–water partition coefficient (Wildman–Crippen LogP) is 3.26. The number of carbonyl (C=O) groups is 1. The molecule has 6 heteroatoms. The van der Waals surface area contributed by atoms with Crippen LogP contribution in [0.2, 0.25) is 0 Å². The van der Waals surface area contributed by atoms with Gasteiger partial charge in [0.2, 0.25) is 10.0 Å². The number of sulfonamides is 1. The van der Waals surface area contributed by atoms with Crippen molar-refractivity contribution in [3.05, 3.63) is 64.2 Å². The summed E-state index contributed by atoms with van der Waals surface area (Å²) in [5.74, 6) is -0.0502. The Bertz CT molecular complexity index is 952. The van der Waals surface area contributed by atoms with Crippen LogP contribution in [0.4, 0.5) is 5.69 Å². The van der Waals surface area contributed by atoms with Gasteiger partial charge in [-0.2, -0.15) is 4.31 Å². The van der Waals surface area contributed by atoms with Crippen LogP contribution in [-0.2, 0) is 23.0 Å². The fourth-order valence-electron chi connectivity index (χ4n) is 3.21. The summed E-state index contributed by atoms with van der Waals surface area (Å²) in [5, 5.41) is 2.94. The Labute approximate surface area is 155 Å². The topological polar surface area (TPSA) is 66.5 Å². The van der Waals surface area contributed by atoms with E-state index in [1.54, 1.807) is 6.92 Å². The highest BCUT2D eigenvalue weighted by Gasteiger charge is 2.25. The molecule has 1 N–H and O–H groups in total. The van der Waals surface area contributed by atoms with Crippen molar-refractivity contribution in [1.29, 1.82) is 0 Å². The number of nitrogens with zero attached hydrogens (tertiary/aromatic N) is 1. The Balaban J connectivity index is 1.82. The second kappa shape index (κ2) is 7.21. The molecule has 0 bridgehead atoms. The summed E-state index contributed by atoms with van der Waals surface area (Å²) in [4.78, 5) is 12.6. The zero-order chi connectivity index (χ0) is 18.9. The molecule has 0 aliphatic carbocycles. The number of hydrogen-bond donors (Lipinski definition) is 1. The normalized spacial score (nSPS) is 14.7.